The van der Waals surface area contributed by atoms with E-state index in [2.05, 4.69) is 26.2 Å². The van der Waals surface area contributed by atoms with Crippen LogP contribution in [0.15, 0.2) is 44.4 Å². The van der Waals surface area contributed by atoms with Crippen molar-refractivity contribution in [3.05, 3.63) is 88.1 Å². The number of H-pyrrole nitrogens is 2. The summed E-state index contributed by atoms with van der Waals surface area (Å²) in [5, 5.41) is 14.0. The normalized spacial score (nSPS) is 10.9. The Morgan fingerprint density at radius 1 is 1.11 bits per heavy atom. The maximum Gasteiger partial charge on any atom is 0.357 e. The summed E-state index contributed by atoms with van der Waals surface area (Å²) in [6.07, 6.45) is 2.69. The number of aromatic nitrogens is 2. The highest BCUT2D eigenvalue weighted by molar-refractivity contribution is 9.10. The van der Waals surface area contributed by atoms with Gasteiger partial charge in [0.15, 0.2) is 18.1 Å². The monoisotopic (exact) mass is 544 g/mol. The first-order valence-electron chi connectivity index (χ1n) is 10.2. The summed E-state index contributed by atoms with van der Waals surface area (Å²) in [6.45, 7) is 3.58. The lowest BCUT2D eigenvalue weighted by molar-refractivity contribution is -0.386. The molecule has 0 spiro atoms. The average molecular weight is 545 g/mol. The number of carbonyl (C=O) groups is 1. The lowest BCUT2D eigenvalue weighted by Gasteiger charge is -2.14. The minimum Gasteiger partial charge on any atom is -0.493 e. The highest BCUT2D eigenvalue weighted by Gasteiger charge is 2.19. The quantitative estimate of drug-likeness (QED) is 0.289. The van der Waals surface area contributed by atoms with Crippen LogP contribution in [0, 0.1) is 24.0 Å². The van der Waals surface area contributed by atoms with Crippen LogP contribution >= 0.6 is 15.9 Å². The van der Waals surface area contributed by atoms with Gasteiger partial charge in [0, 0.05) is 10.2 Å². The third-order valence-corrected chi connectivity index (χ3v) is 5.97. The highest BCUT2D eigenvalue weighted by Crippen LogP contribution is 2.29. The summed E-state index contributed by atoms with van der Waals surface area (Å²) < 4.78 is 11.9. The van der Waals surface area contributed by atoms with Crippen LogP contribution in [0.5, 0.6) is 11.5 Å². The molecule has 0 aliphatic carbocycles. The Labute approximate surface area is 207 Å². The summed E-state index contributed by atoms with van der Waals surface area (Å²) in [5.41, 5.74) is 0.161. The van der Waals surface area contributed by atoms with Gasteiger partial charge in [-0.15, -0.1) is 0 Å². The van der Waals surface area contributed by atoms with Gasteiger partial charge in [-0.2, -0.15) is 0 Å². The highest BCUT2D eigenvalue weighted by atomic mass is 79.9. The second kappa shape index (κ2) is 10.8. The molecule has 0 saturated heterocycles. The van der Waals surface area contributed by atoms with Crippen molar-refractivity contribution in [1.29, 1.82) is 0 Å². The van der Waals surface area contributed by atoms with E-state index >= 15 is 0 Å². The molecule has 3 N–H and O–H groups in total. The van der Waals surface area contributed by atoms with Crippen molar-refractivity contribution in [2.45, 2.75) is 13.8 Å². The molecule has 3 rings (SSSR count). The Kier molecular flexibility index (Phi) is 7.87. The van der Waals surface area contributed by atoms with Crippen LogP contribution in [0.25, 0.3) is 12.2 Å². The van der Waals surface area contributed by atoms with Crippen molar-refractivity contribution in [1.82, 2.24) is 9.97 Å². The van der Waals surface area contributed by atoms with E-state index in [1.807, 2.05) is 24.9 Å². The Bertz CT molecular complexity index is 1440. The van der Waals surface area contributed by atoms with Crippen molar-refractivity contribution in [3.8, 4) is 11.5 Å². The number of nitro groups is 1. The molecule has 0 aliphatic heterocycles. The number of halogens is 1. The summed E-state index contributed by atoms with van der Waals surface area (Å²) >= 11 is 3.45. The molecule has 0 fully saturated rings. The zero-order chi connectivity index (χ0) is 25.7. The number of benzene rings is 2. The second-order valence-electron chi connectivity index (χ2n) is 7.35. The van der Waals surface area contributed by atoms with Gasteiger partial charge in [0.25, 0.3) is 5.91 Å². The van der Waals surface area contributed by atoms with Gasteiger partial charge in [-0.1, -0.05) is 28.1 Å². The number of nitrogens with zero attached hydrogens (tertiary/aromatic N) is 1. The summed E-state index contributed by atoms with van der Waals surface area (Å²) in [7, 11) is 1.42. The topological polar surface area (TPSA) is 156 Å². The zero-order valence-electron chi connectivity index (χ0n) is 18.9. The number of ether oxygens (including phenoxy) is 2. The molecule has 3 aromatic rings. The molecular weight excluding hydrogens is 524 g/mol. The molecule has 35 heavy (non-hydrogen) atoms. The molecule has 182 valence electrons. The van der Waals surface area contributed by atoms with Crippen molar-refractivity contribution in [3.63, 3.8) is 0 Å². The Morgan fingerprint density at radius 3 is 2.54 bits per heavy atom. The predicted octanol–water partition coefficient (Wildman–Crippen LogP) is 3.55. The van der Waals surface area contributed by atoms with Crippen LogP contribution < -0.4 is 26.0 Å². The molecular formula is C23H21BrN4O7. The first-order chi connectivity index (χ1) is 16.6. The van der Waals surface area contributed by atoms with Gasteiger partial charge in [-0.25, -0.2) is 4.79 Å². The molecule has 0 bridgehead atoms. The SMILES string of the molecule is COc1cc(/C=C\c2[nH]c(=O)[nH]c(=O)c2[N+](=O)[O-])ccc1OCC(=O)Nc1ccc(Br)c(C)c1C. The molecule has 1 heterocycles. The van der Waals surface area contributed by atoms with Gasteiger partial charge < -0.3 is 19.8 Å². The number of nitrogens with one attached hydrogen (secondary N) is 3. The lowest BCUT2D eigenvalue weighted by Crippen LogP contribution is -2.25. The van der Waals surface area contributed by atoms with Crippen LogP contribution in [0.4, 0.5) is 11.4 Å². The van der Waals surface area contributed by atoms with E-state index in [9.17, 15) is 24.5 Å². The summed E-state index contributed by atoms with van der Waals surface area (Å²) in [4.78, 5) is 49.9. The Morgan fingerprint density at radius 2 is 1.86 bits per heavy atom. The van der Waals surface area contributed by atoms with E-state index in [-0.39, 0.29) is 18.2 Å². The van der Waals surface area contributed by atoms with Crippen LogP contribution in [0.2, 0.25) is 0 Å². The van der Waals surface area contributed by atoms with Crippen LogP contribution in [0.3, 0.4) is 0 Å². The maximum absolute atomic E-state index is 12.4. The van der Waals surface area contributed by atoms with Gasteiger partial charge in [-0.3, -0.25) is 24.7 Å². The van der Waals surface area contributed by atoms with E-state index in [0.717, 1.165) is 15.6 Å². The number of hydrogen-bond donors (Lipinski definition) is 3. The zero-order valence-corrected chi connectivity index (χ0v) is 20.5. The lowest BCUT2D eigenvalue weighted by atomic mass is 10.1. The molecule has 1 aromatic heterocycles. The van der Waals surface area contributed by atoms with Gasteiger partial charge in [-0.05, 0) is 60.9 Å². The molecule has 0 radical (unpaired) electrons. The fraction of sp³-hybridized carbons (Fsp3) is 0.174. The minimum absolute atomic E-state index is 0.252. The van der Waals surface area contributed by atoms with E-state index < -0.39 is 21.9 Å². The van der Waals surface area contributed by atoms with Crippen molar-refractivity contribution in [2.24, 2.45) is 0 Å². The van der Waals surface area contributed by atoms with Crippen molar-refractivity contribution < 1.29 is 19.2 Å². The number of aromatic amines is 2. The summed E-state index contributed by atoms with van der Waals surface area (Å²) in [6, 6.07) is 8.40. The Balaban J connectivity index is 1.74. The molecule has 2 aromatic carbocycles. The van der Waals surface area contributed by atoms with E-state index in [0.29, 0.717) is 22.7 Å². The van der Waals surface area contributed by atoms with Crippen LogP contribution in [-0.4, -0.2) is 34.5 Å². The van der Waals surface area contributed by atoms with Crippen molar-refractivity contribution in [2.75, 3.05) is 19.0 Å². The first-order valence-corrected chi connectivity index (χ1v) is 11.0. The van der Waals surface area contributed by atoms with E-state index in [1.165, 1.54) is 19.3 Å². The molecule has 0 unspecified atom stereocenters. The summed E-state index contributed by atoms with van der Waals surface area (Å²) in [5.74, 6) is 0.259. The average Bonchev–Trinajstić information content (AvgIpc) is 2.81. The van der Waals surface area contributed by atoms with E-state index in [1.54, 1.807) is 24.3 Å². The molecule has 0 atom stereocenters. The van der Waals surface area contributed by atoms with Gasteiger partial charge in [0.2, 0.25) is 0 Å². The maximum atomic E-state index is 12.4. The molecule has 0 saturated carbocycles. The third-order valence-electron chi connectivity index (χ3n) is 5.11. The Hall–Kier alpha value is -4.19. The number of carbonyl (C=O) groups excluding carboxylic acids is 1. The third kappa shape index (κ3) is 6.03. The standard InChI is InChI=1S/C23H21BrN4O7/c1-12-13(2)16(8-6-15(12)24)25-20(29)11-35-18-9-5-14(10-19(18)34-3)4-7-17-21(28(32)33)22(30)27-23(31)26-17/h4-10H,11H2,1-3H3,(H,25,29)(H2,26,27,30,31)/b7-4-. The van der Waals surface area contributed by atoms with Crippen molar-refractivity contribution >= 4 is 45.4 Å². The van der Waals surface area contributed by atoms with Gasteiger partial charge >= 0.3 is 16.9 Å². The molecule has 12 heteroatoms. The smallest absolute Gasteiger partial charge is 0.357 e. The fourth-order valence-corrected chi connectivity index (χ4v) is 3.57. The van der Waals surface area contributed by atoms with Gasteiger partial charge in [0.05, 0.1) is 12.0 Å². The van der Waals surface area contributed by atoms with E-state index in [4.69, 9.17) is 9.47 Å². The first kappa shape index (κ1) is 25.4. The molecule has 11 nitrogen and oxygen atoms in total. The minimum atomic E-state index is -1.11. The van der Waals surface area contributed by atoms with Crippen LogP contribution in [0.1, 0.15) is 22.4 Å². The molecule has 1 amide bonds. The largest absolute Gasteiger partial charge is 0.493 e. The number of hydrogen-bond acceptors (Lipinski definition) is 7. The number of amides is 1. The number of rotatable bonds is 8. The second-order valence-corrected chi connectivity index (χ2v) is 8.21. The van der Waals surface area contributed by atoms with Crippen LogP contribution in [-0.2, 0) is 4.79 Å². The molecule has 0 aliphatic rings. The van der Waals surface area contributed by atoms with Gasteiger partial charge in [0.1, 0.15) is 5.69 Å². The number of methoxy groups -OCH3 is 1. The predicted molar refractivity (Wildman–Crippen MR) is 134 cm³/mol. The fourth-order valence-electron chi connectivity index (χ4n) is 3.14. The number of anilines is 1.